The normalized spacial score (nSPS) is 19.5. The molecule has 1 unspecified atom stereocenters. The topological polar surface area (TPSA) is 58.4 Å². The van der Waals surface area contributed by atoms with E-state index in [0.29, 0.717) is 0 Å². The van der Waals surface area contributed by atoms with E-state index in [0.717, 1.165) is 36.8 Å². The summed E-state index contributed by atoms with van der Waals surface area (Å²) in [7, 11) is 1.79. The van der Waals surface area contributed by atoms with E-state index < -0.39 is 0 Å². The highest BCUT2D eigenvalue weighted by atomic mass is 16.6. The third-order valence-electron chi connectivity index (χ3n) is 4.19. The van der Waals surface area contributed by atoms with Crippen LogP contribution >= 0.6 is 0 Å². The average molecular weight is 277 g/mol. The second kappa shape index (κ2) is 6.59. The number of nitro benzene ring substituents is 1. The van der Waals surface area contributed by atoms with Gasteiger partial charge in [-0.15, -0.1) is 0 Å². The van der Waals surface area contributed by atoms with Crippen LogP contribution in [0.3, 0.4) is 0 Å². The van der Waals surface area contributed by atoms with Crippen molar-refractivity contribution in [1.29, 1.82) is 0 Å². The molecule has 0 saturated carbocycles. The van der Waals surface area contributed by atoms with Crippen molar-refractivity contribution in [2.75, 3.05) is 30.4 Å². The van der Waals surface area contributed by atoms with Gasteiger partial charge in [0.05, 0.1) is 4.92 Å². The molecule has 1 aliphatic rings. The first-order valence-electron chi connectivity index (χ1n) is 7.36. The van der Waals surface area contributed by atoms with E-state index in [-0.39, 0.29) is 10.6 Å². The molecule has 0 aliphatic carbocycles. The number of nitrogens with zero attached hydrogens (tertiary/aromatic N) is 2. The molecule has 1 saturated heterocycles. The number of rotatable bonds is 4. The summed E-state index contributed by atoms with van der Waals surface area (Å²) in [5.74, 6) is 0.794. The molecule has 1 fully saturated rings. The Morgan fingerprint density at radius 3 is 2.80 bits per heavy atom. The number of benzene rings is 1. The van der Waals surface area contributed by atoms with Gasteiger partial charge in [0.25, 0.3) is 5.69 Å². The fourth-order valence-corrected chi connectivity index (χ4v) is 2.86. The Morgan fingerprint density at radius 1 is 1.35 bits per heavy atom. The van der Waals surface area contributed by atoms with Gasteiger partial charge < -0.3 is 10.2 Å². The molecule has 5 nitrogen and oxygen atoms in total. The van der Waals surface area contributed by atoms with Crippen molar-refractivity contribution < 1.29 is 4.92 Å². The lowest BCUT2D eigenvalue weighted by molar-refractivity contribution is -0.384. The summed E-state index contributed by atoms with van der Waals surface area (Å²) in [6.07, 6.45) is 4.83. The van der Waals surface area contributed by atoms with Crippen LogP contribution < -0.4 is 10.2 Å². The van der Waals surface area contributed by atoms with Crippen molar-refractivity contribution >= 4 is 17.1 Å². The van der Waals surface area contributed by atoms with Crippen molar-refractivity contribution in [3.8, 4) is 0 Å². The summed E-state index contributed by atoms with van der Waals surface area (Å²) >= 11 is 0. The van der Waals surface area contributed by atoms with Crippen LogP contribution in [0.15, 0.2) is 18.2 Å². The van der Waals surface area contributed by atoms with Crippen molar-refractivity contribution in [3.63, 3.8) is 0 Å². The highest BCUT2D eigenvalue weighted by Gasteiger charge is 2.18. The Bertz CT molecular complexity index is 476. The molecule has 0 bridgehead atoms. The lowest BCUT2D eigenvalue weighted by atomic mass is 9.98. The van der Waals surface area contributed by atoms with Crippen molar-refractivity contribution in [3.05, 3.63) is 28.3 Å². The molecular formula is C15H23N3O2. The number of non-ortho nitro benzene ring substituents is 1. The van der Waals surface area contributed by atoms with E-state index in [4.69, 9.17) is 0 Å². The Labute approximate surface area is 120 Å². The smallest absolute Gasteiger partial charge is 0.273 e. The molecule has 0 aromatic heterocycles. The zero-order valence-electron chi connectivity index (χ0n) is 12.3. The van der Waals surface area contributed by atoms with Gasteiger partial charge in [-0.2, -0.15) is 0 Å². The highest BCUT2D eigenvalue weighted by molar-refractivity contribution is 5.64. The van der Waals surface area contributed by atoms with Crippen LogP contribution in [0.2, 0.25) is 0 Å². The van der Waals surface area contributed by atoms with Gasteiger partial charge in [-0.05, 0) is 31.2 Å². The summed E-state index contributed by atoms with van der Waals surface area (Å²) in [4.78, 5) is 13.0. The number of hydrogen-bond donors (Lipinski definition) is 1. The fourth-order valence-electron chi connectivity index (χ4n) is 2.86. The van der Waals surface area contributed by atoms with E-state index in [1.807, 2.05) is 6.07 Å². The Balaban J connectivity index is 2.22. The zero-order valence-corrected chi connectivity index (χ0v) is 12.3. The van der Waals surface area contributed by atoms with E-state index in [1.54, 1.807) is 19.2 Å². The van der Waals surface area contributed by atoms with Crippen LogP contribution in [0.25, 0.3) is 0 Å². The number of nitrogens with one attached hydrogen (secondary N) is 1. The quantitative estimate of drug-likeness (QED) is 0.674. The fraction of sp³-hybridized carbons (Fsp3) is 0.600. The maximum absolute atomic E-state index is 11.0. The summed E-state index contributed by atoms with van der Waals surface area (Å²) < 4.78 is 0. The van der Waals surface area contributed by atoms with Crippen molar-refractivity contribution in [2.45, 2.75) is 32.6 Å². The van der Waals surface area contributed by atoms with Crippen molar-refractivity contribution in [1.82, 2.24) is 0 Å². The van der Waals surface area contributed by atoms with Crippen LogP contribution in [-0.4, -0.2) is 25.1 Å². The van der Waals surface area contributed by atoms with Crippen molar-refractivity contribution in [2.24, 2.45) is 5.92 Å². The monoisotopic (exact) mass is 277 g/mol. The van der Waals surface area contributed by atoms with Crippen LogP contribution in [0, 0.1) is 16.0 Å². The Hall–Kier alpha value is -1.78. The first-order chi connectivity index (χ1) is 9.63. The highest BCUT2D eigenvalue weighted by Crippen LogP contribution is 2.30. The molecular weight excluding hydrogens is 254 g/mol. The standard InChI is InChI=1S/C15H23N3O2/c1-3-12-5-4-7-17(8-6-12)14-9-13(16-2)10-15(11-14)18(19)20/h9-12,16H,3-8H2,1-2H3. The SMILES string of the molecule is CCC1CCCN(c2cc(NC)cc([N+](=O)[O-])c2)CC1. The summed E-state index contributed by atoms with van der Waals surface area (Å²) in [6.45, 7) is 4.22. The lowest BCUT2D eigenvalue weighted by Crippen LogP contribution is -2.24. The minimum absolute atomic E-state index is 0.156. The molecule has 1 aliphatic heterocycles. The van der Waals surface area contributed by atoms with Gasteiger partial charge in [0, 0.05) is 43.6 Å². The second-order valence-corrected chi connectivity index (χ2v) is 5.44. The van der Waals surface area contributed by atoms with Crippen LogP contribution in [0.1, 0.15) is 32.6 Å². The van der Waals surface area contributed by atoms with Crippen LogP contribution in [0.4, 0.5) is 17.1 Å². The van der Waals surface area contributed by atoms with Crippen LogP contribution in [0.5, 0.6) is 0 Å². The van der Waals surface area contributed by atoms with E-state index in [9.17, 15) is 10.1 Å². The molecule has 5 heteroatoms. The maximum atomic E-state index is 11.0. The molecule has 1 aromatic carbocycles. The van der Waals surface area contributed by atoms with E-state index in [2.05, 4.69) is 17.1 Å². The number of anilines is 2. The second-order valence-electron chi connectivity index (χ2n) is 5.44. The molecule has 0 radical (unpaired) electrons. The summed E-state index contributed by atoms with van der Waals surface area (Å²) in [6, 6.07) is 5.27. The first kappa shape index (κ1) is 14.6. The molecule has 110 valence electrons. The van der Waals surface area contributed by atoms with Gasteiger partial charge in [0.1, 0.15) is 0 Å². The molecule has 0 spiro atoms. The van der Waals surface area contributed by atoms with Gasteiger partial charge >= 0.3 is 0 Å². The maximum Gasteiger partial charge on any atom is 0.273 e. The van der Waals surface area contributed by atoms with E-state index >= 15 is 0 Å². The van der Waals surface area contributed by atoms with E-state index in [1.165, 1.54) is 19.3 Å². The van der Waals surface area contributed by atoms with Gasteiger partial charge in [-0.25, -0.2) is 0 Å². The molecule has 1 heterocycles. The van der Waals surface area contributed by atoms with Gasteiger partial charge in [-0.1, -0.05) is 13.3 Å². The van der Waals surface area contributed by atoms with Gasteiger partial charge in [0.15, 0.2) is 0 Å². The molecule has 1 atom stereocenters. The minimum Gasteiger partial charge on any atom is -0.388 e. The lowest BCUT2D eigenvalue weighted by Gasteiger charge is -2.23. The molecule has 1 aromatic rings. The first-order valence-corrected chi connectivity index (χ1v) is 7.36. The number of hydrogen-bond acceptors (Lipinski definition) is 4. The molecule has 2 rings (SSSR count). The predicted octanol–water partition coefficient (Wildman–Crippen LogP) is 3.65. The third-order valence-corrected chi connectivity index (χ3v) is 4.19. The third kappa shape index (κ3) is 3.40. The molecule has 1 N–H and O–H groups in total. The van der Waals surface area contributed by atoms with Gasteiger partial charge in [-0.3, -0.25) is 10.1 Å². The number of nitro groups is 1. The minimum atomic E-state index is -0.322. The van der Waals surface area contributed by atoms with Gasteiger partial charge in [0.2, 0.25) is 0 Å². The Morgan fingerprint density at radius 2 is 2.15 bits per heavy atom. The molecule has 20 heavy (non-hydrogen) atoms. The summed E-state index contributed by atoms with van der Waals surface area (Å²) in [5, 5.41) is 14.0. The largest absolute Gasteiger partial charge is 0.388 e. The van der Waals surface area contributed by atoms with Crippen LogP contribution in [-0.2, 0) is 0 Å². The predicted molar refractivity (Wildman–Crippen MR) is 82.5 cm³/mol. The molecule has 0 amide bonds. The summed E-state index contributed by atoms with van der Waals surface area (Å²) in [5.41, 5.74) is 1.91. The zero-order chi connectivity index (χ0) is 14.5. The average Bonchev–Trinajstić information content (AvgIpc) is 2.72. The Kier molecular flexibility index (Phi) is 4.82.